The van der Waals surface area contributed by atoms with E-state index in [1.54, 1.807) is 0 Å². The molecule has 1 fully saturated rings. The van der Waals surface area contributed by atoms with Crippen molar-refractivity contribution in [3.05, 3.63) is 64.2 Å². The molecular formula is C21H23ClN2O2. The van der Waals surface area contributed by atoms with Crippen molar-refractivity contribution in [2.75, 3.05) is 18.0 Å². The number of amides is 1. The number of hydrogen-bond acceptors (Lipinski definition) is 3. The smallest absolute Gasteiger partial charge is 0.223 e. The van der Waals surface area contributed by atoms with Gasteiger partial charge in [-0.15, -0.1) is 0 Å². The quantitative estimate of drug-likeness (QED) is 0.809. The zero-order valence-electron chi connectivity index (χ0n) is 14.9. The summed E-state index contributed by atoms with van der Waals surface area (Å²) < 4.78 is 0. The van der Waals surface area contributed by atoms with Crippen LogP contribution in [0, 0.1) is 12.8 Å². The summed E-state index contributed by atoms with van der Waals surface area (Å²) in [5, 5.41) is 3.71. The number of nitrogens with zero attached hydrogens (tertiary/aromatic N) is 1. The SMILES string of the molecule is Cc1ccc(Cl)c(CNC(=O)C2CCN(c3ccc(C=O)cc3)CC2)c1. The lowest BCUT2D eigenvalue weighted by molar-refractivity contribution is -0.125. The molecule has 1 saturated heterocycles. The molecule has 136 valence electrons. The van der Waals surface area contributed by atoms with Gasteiger partial charge in [0, 0.05) is 41.8 Å². The first-order valence-electron chi connectivity index (χ1n) is 8.90. The van der Waals surface area contributed by atoms with Crippen LogP contribution in [0.25, 0.3) is 0 Å². The summed E-state index contributed by atoms with van der Waals surface area (Å²) in [7, 11) is 0. The molecule has 26 heavy (non-hydrogen) atoms. The van der Waals surface area contributed by atoms with Crippen molar-refractivity contribution < 1.29 is 9.59 Å². The highest BCUT2D eigenvalue weighted by molar-refractivity contribution is 6.31. The number of carbonyl (C=O) groups excluding carboxylic acids is 2. The van der Waals surface area contributed by atoms with Gasteiger partial charge >= 0.3 is 0 Å². The lowest BCUT2D eigenvalue weighted by atomic mass is 9.95. The number of hydrogen-bond donors (Lipinski definition) is 1. The van der Waals surface area contributed by atoms with Crippen LogP contribution >= 0.6 is 11.6 Å². The molecule has 2 aromatic rings. The molecule has 1 heterocycles. The van der Waals surface area contributed by atoms with Crippen LogP contribution in [-0.4, -0.2) is 25.3 Å². The number of benzene rings is 2. The minimum Gasteiger partial charge on any atom is -0.371 e. The predicted octanol–water partition coefficient (Wildman–Crippen LogP) is 3.99. The molecule has 1 aliphatic heterocycles. The normalized spacial score (nSPS) is 14.9. The maximum absolute atomic E-state index is 12.5. The molecule has 5 heteroatoms. The molecule has 0 aromatic heterocycles. The van der Waals surface area contributed by atoms with Gasteiger partial charge in [0.25, 0.3) is 0 Å². The van der Waals surface area contributed by atoms with Crippen LogP contribution < -0.4 is 10.2 Å². The monoisotopic (exact) mass is 370 g/mol. The maximum Gasteiger partial charge on any atom is 0.223 e. The fourth-order valence-corrected chi connectivity index (χ4v) is 3.51. The fraction of sp³-hybridized carbons (Fsp3) is 0.333. The van der Waals surface area contributed by atoms with Gasteiger partial charge in [0.15, 0.2) is 0 Å². The van der Waals surface area contributed by atoms with Crippen LogP contribution in [0.1, 0.15) is 34.3 Å². The summed E-state index contributed by atoms with van der Waals surface area (Å²) in [5.74, 6) is 0.127. The Morgan fingerprint density at radius 2 is 1.88 bits per heavy atom. The number of aryl methyl sites for hydroxylation is 1. The number of carbonyl (C=O) groups is 2. The van der Waals surface area contributed by atoms with Gasteiger partial charge in [-0.3, -0.25) is 9.59 Å². The standard InChI is InChI=1S/C21H23ClN2O2/c1-15-2-7-20(22)18(12-15)13-23-21(26)17-8-10-24(11-9-17)19-5-3-16(14-25)4-6-19/h2-7,12,14,17H,8-11,13H2,1H3,(H,23,26). The topological polar surface area (TPSA) is 49.4 Å². The second kappa shape index (κ2) is 8.37. The zero-order chi connectivity index (χ0) is 18.5. The Morgan fingerprint density at radius 3 is 2.54 bits per heavy atom. The summed E-state index contributed by atoms with van der Waals surface area (Å²) in [6, 6.07) is 13.4. The highest BCUT2D eigenvalue weighted by Crippen LogP contribution is 2.24. The molecule has 1 N–H and O–H groups in total. The van der Waals surface area contributed by atoms with E-state index in [2.05, 4.69) is 10.2 Å². The molecule has 0 spiro atoms. The zero-order valence-corrected chi connectivity index (χ0v) is 15.6. The minimum atomic E-state index is 0.0316. The molecule has 0 aliphatic carbocycles. The van der Waals surface area contributed by atoms with Crippen LogP contribution in [0.2, 0.25) is 5.02 Å². The van der Waals surface area contributed by atoms with Crippen molar-refractivity contribution in [2.45, 2.75) is 26.3 Å². The first kappa shape index (κ1) is 18.5. The Kier molecular flexibility index (Phi) is 5.94. The van der Waals surface area contributed by atoms with E-state index in [-0.39, 0.29) is 11.8 Å². The number of anilines is 1. The maximum atomic E-state index is 12.5. The lowest BCUT2D eigenvalue weighted by Gasteiger charge is -2.33. The molecule has 2 aromatic carbocycles. The van der Waals surface area contributed by atoms with Crippen LogP contribution in [-0.2, 0) is 11.3 Å². The Balaban J connectivity index is 1.51. The second-order valence-corrected chi connectivity index (χ2v) is 7.19. The third kappa shape index (κ3) is 4.44. The highest BCUT2D eigenvalue weighted by Gasteiger charge is 2.25. The molecule has 0 atom stereocenters. The third-order valence-electron chi connectivity index (χ3n) is 4.91. The fourth-order valence-electron chi connectivity index (χ4n) is 3.33. The minimum absolute atomic E-state index is 0.0316. The molecule has 0 radical (unpaired) electrons. The van der Waals surface area contributed by atoms with Gasteiger partial charge in [-0.1, -0.05) is 29.3 Å². The number of rotatable bonds is 5. The Morgan fingerprint density at radius 1 is 1.19 bits per heavy atom. The van der Waals surface area contributed by atoms with E-state index in [9.17, 15) is 9.59 Å². The van der Waals surface area contributed by atoms with Crippen molar-refractivity contribution in [2.24, 2.45) is 5.92 Å². The van der Waals surface area contributed by atoms with Gasteiger partial charge in [-0.25, -0.2) is 0 Å². The van der Waals surface area contributed by atoms with Crippen molar-refractivity contribution in [1.29, 1.82) is 0 Å². The van der Waals surface area contributed by atoms with Crippen LogP contribution in [0.3, 0.4) is 0 Å². The molecule has 1 amide bonds. The summed E-state index contributed by atoms with van der Waals surface area (Å²) in [4.78, 5) is 25.5. The number of halogens is 1. The number of nitrogens with one attached hydrogen (secondary N) is 1. The average Bonchev–Trinajstić information content (AvgIpc) is 2.68. The van der Waals surface area contributed by atoms with E-state index in [0.717, 1.165) is 49.0 Å². The number of piperidine rings is 1. The van der Waals surface area contributed by atoms with Crippen LogP contribution in [0.15, 0.2) is 42.5 Å². The molecule has 0 saturated carbocycles. The molecule has 3 rings (SSSR count). The van der Waals surface area contributed by atoms with E-state index in [1.165, 1.54) is 0 Å². The third-order valence-corrected chi connectivity index (χ3v) is 5.28. The Labute approximate surface area is 159 Å². The van der Waals surface area contributed by atoms with Crippen molar-refractivity contribution in [1.82, 2.24) is 5.32 Å². The highest BCUT2D eigenvalue weighted by atomic mass is 35.5. The first-order valence-corrected chi connectivity index (χ1v) is 9.27. The summed E-state index contributed by atoms with van der Waals surface area (Å²) in [6.45, 7) is 4.15. The lowest BCUT2D eigenvalue weighted by Crippen LogP contribution is -2.40. The Hall–Kier alpha value is -2.33. The van der Waals surface area contributed by atoms with Crippen LogP contribution in [0.5, 0.6) is 0 Å². The van der Waals surface area contributed by atoms with Gasteiger partial charge in [-0.2, -0.15) is 0 Å². The van der Waals surface area contributed by atoms with Crippen molar-refractivity contribution >= 4 is 29.5 Å². The van der Waals surface area contributed by atoms with Gasteiger partial charge in [0.05, 0.1) is 0 Å². The van der Waals surface area contributed by atoms with E-state index in [1.807, 2.05) is 49.4 Å². The predicted molar refractivity (Wildman–Crippen MR) is 105 cm³/mol. The van der Waals surface area contributed by atoms with E-state index < -0.39 is 0 Å². The molecular weight excluding hydrogens is 348 g/mol. The van der Waals surface area contributed by atoms with E-state index in [0.29, 0.717) is 17.1 Å². The van der Waals surface area contributed by atoms with Gasteiger partial charge in [0.1, 0.15) is 6.29 Å². The van der Waals surface area contributed by atoms with E-state index in [4.69, 9.17) is 11.6 Å². The van der Waals surface area contributed by atoms with Gasteiger partial charge in [-0.05, 0) is 55.7 Å². The summed E-state index contributed by atoms with van der Waals surface area (Å²) in [5.41, 5.74) is 3.86. The van der Waals surface area contributed by atoms with Gasteiger partial charge in [0.2, 0.25) is 5.91 Å². The largest absolute Gasteiger partial charge is 0.371 e. The van der Waals surface area contributed by atoms with Crippen LogP contribution in [0.4, 0.5) is 5.69 Å². The molecule has 1 aliphatic rings. The van der Waals surface area contributed by atoms with Crippen molar-refractivity contribution in [3.63, 3.8) is 0 Å². The molecule has 0 bridgehead atoms. The van der Waals surface area contributed by atoms with Gasteiger partial charge < -0.3 is 10.2 Å². The number of aldehydes is 1. The van der Waals surface area contributed by atoms with Crippen molar-refractivity contribution in [3.8, 4) is 0 Å². The van der Waals surface area contributed by atoms with E-state index >= 15 is 0 Å². The summed E-state index contributed by atoms with van der Waals surface area (Å²) >= 11 is 6.19. The Bertz CT molecular complexity index is 781. The summed E-state index contributed by atoms with van der Waals surface area (Å²) in [6.07, 6.45) is 2.49. The molecule has 4 nitrogen and oxygen atoms in total. The molecule has 0 unspecified atom stereocenters. The first-order chi connectivity index (χ1) is 12.6. The second-order valence-electron chi connectivity index (χ2n) is 6.78. The average molecular weight is 371 g/mol.